The minimum Gasteiger partial charge on any atom is -0.497 e. The lowest BCUT2D eigenvalue weighted by Crippen LogP contribution is -2.28. The van der Waals surface area contributed by atoms with Gasteiger partial charge in [0, 0.05) is 5.41 Å². The van der Waals surface area contributed by atoms with Crippen LogP contribution >= 0.6 is 0 Å². The number of rotatable bonds is 6. The Morgan fingerprint density at radius 1 is 0.667 bits per heavy atom. The highest BCUT2D eigenvalue weighted by molar-refractivity contribution is 5.51. The summed E-state index contributed by atoms with van der Waals surface area (Å²) in [4.78, 5) is 0. The fraction of sp³-hybridized carbons (Fsp3) is 0.455. The summed E-state index contributed by atoms with van der Waals surface area (Å²) in [6, 6.07) is 26.0. The zero-order valence-corrected chi connectivity index (χ0v) is 24.1. The van der Waals surface area contributed by atoms with Gasteiger partial charge in [0.1, 0.15) is 24.2 Å². The van der Waals surface area contributed by atoms with E-state index >= 15 is 0 Å². The van der Waals surface area contributed by atoms with E-state index in [1.54, 1.807) is 7.11 Å². The second-order valence-corrected chi connectivity index (χ2v) is 7.72. The zero-order valence-electron chi connectivity index (χ0n) is 24.1. The van der Waals surface area contributed by atoms with Crippen LogP contribution in [0.2, 0.25) is 0 Å². The predicted molar refractivity (Wildman–Crippen MR) is 155 cm³/mol. The van der Waals surface area contributed by atoms with E-state index in [1.165, 1.54) is 22.3 Å². The van der Waals surface area contributed by atoms with E-state index in [1.807, 2.05) is 55.4 Å². The Labute approximate surface area is 220 Å². The molecule has 0 N–H and O–H groups in total. The van der Waals surface area contributed by atoms with E-state index in [0.29, 0.717) is 6.61 Å². The molecule has 3 aromatic rings. The summed E-state index contributed by atoms with van der Waals surface area (Å²) in [5.41, 5.74) is 5.45. The van der Waals surface area contributed by atoms with Gasteiger partial charge in [-0.3, -0.25) is 0 Å². The Balaban J connectivity index is 0.000000741. The molecule has 2 aliphatic rings. The average molecular weight is 493 g/mol. The minimum atomic E-state index is -0.0614. The van der Waals surface area contributed by atoms with Crippen molar-refractivity contribution in [2.24, 2.45) is 0 Å². The molecule has 198 valence electrons. The lowest BCUT2D eigenvalue weighted by Gasteiger charge is -2.31. The molecule has 3 aromatic carbocycles. The highest BCUT2D eigenvalue weighted by Gasteiger charge is 2.40. The van der Waals surface area contributed by atoms with Crippen molar-refractivity contribution < 1.29 is 14.2 Å². The average Bonchev–Trinajstić information content (AvgIpc) is 3.74. The number of benzene rings is 3. The Hall–Kier alpha value is -2.78. The van der Waals surface area contributed by atoms with Crippen LogP contribution in [0.5, 0.6) is 11.5 Å². The van der Waals surface area contributed by atoms with E-state index < -0.39 is 0 Å². The molecule has 1 fully saturated rings. The molecule has 1 heterocycles. The molecule has 0 saturated carbocycles. The zero-order chi connectivity index (χ0) is 27.0. The molecule has 0 spiro atoms. The van der Waals surface area contributed by atoms with Crippen molar-refractivity contribution in [1.82, 2.24) is 0 Å². The van der Waals surface area contributed by atoms with Crippen LogP contribution < -0.4 is 9.47 Å². The van der Waals surface area contributed by atoms with Crippen molar-refractivity contribution >= 4 is 0 Å². The number of hydrogen-bond acceptors (Lipinski definition) is 3. The Bertz CT molecular complexity index is 932. The summed E-state index contributed by atoms with van der Waals surface area (Å²) in [5.74, 6) is 1.79. The van der Waals surface area contributed by atoms with Crippen molar-refractivity contribution in [2.45, 2.75) is 79.8 Å². The summed E-state index contributed by atoms with van der Waals surface area (Å²) in [7, 11) is 1.71. The molecule has 1 aliphatic carbocycles. The molecule has 0 amide bonds. The number of epoxide rings is 1. The van der Waals surface area contributed by atoms with Gasteiger partial charge in [0.15, 0.2) is 0 Å². The molecule has 1 aliphatic heterocycles. The van der Waals surface area contributed by atoms with Gasteiger partial charge < -0.3 is 14.2 Å². The monoisotopic (exact) mass is 492 g/mol. The Kier molecular flexibility index (Phi) is 14.6. The number of methoxy groups -OCH3 is 1. The number of fused-ring (bicyclic) bond motifs is 1. The molecular formula is C33H48O3. The minimum absolute atomic E-state index is 0.0614. The maximum Gasteiger partial charge on any atom is 0.119 e. The molecule has 1 saturated heterocycles. The first-order valence-electron chi connectivity index (χ1n) is 13.8. The van der Waals surface area contributed by atoms with Gasteiger partial charge in [0.05, 0.1) is 13.7 Å². The quantitative estimate of drug-likeness (QED) is 0.323. The van der Waals surface area contributed by atoms with Gasteiger partial charge in [0.25, 0.3) is 0 Å². The smallest absolute Gasteiger partial charge is 0.119 e. The first-order chi connectivity index (χ1) is 17.8. The fourth-order valence-corrected chi connectivity index (χ4v) is 4.32. The highest BCUT2D eigenvalue weighted by Crippen LogP contribution is 2.45. The van der Waals surface area contributed by atoms with Crippen LogP contribution in [-0.4, -0.2) is 26.4 Å². The third-order valence-electron chi connectivity index (χ3n) is 5.99. The third-order valence-corrected chi connectivity index (χ3v) is 5.99. The van der Waals surface area contributed by atoms with Crippen LogP contribution in [0.15, 0.2) is 72.8 Å². The van der Waals surface area contributed by atoms with Gasteiger partial charge in [-0.25, -0.2) is 0 Å². The van der Waals surface area contributed by atoms with Crippen molar-refractivity contribution in [3.8, 4) is 11.5 Å². The van der Waals surface area contributed by atoms with Gasteiger partial charge >= 0.3 is 0 Å². The molecule has 36 heavy (non-hydrogen) atoms. The van der Waals surface area contributed by atoms with Gasteiger partial charge in [0.2, 0.25) is 0 Å². The first-order valence-corrected chi connectivity index (χ1v) is 13.8. The lowest BCUT2D eigenvalue weighted by molar-refractivity contribution is 0.263. The van der Waals surface area contributed by atoms with Crippen molar-refractivity contribution in [3.05, 3.63) is 95.1 Å². The summed E-state index contributed by atoms with van der Waals surface area (Å²) in [6.45, 7) is 17.4. The maximum absolute atomic E-state index is 5.84. The van der Waals surface area contributed by atoms with Crippen LogP contribution in [0.1, 0.15) is 77.6 Å². The van der Waals surface area contributed by atoms with Gasteiger partial charge in [-0.15, -0.1) is 0 Å². The van der Waals surface area contributed by atoms with Crippen LogP contribution in [0.3, 0.4) is 0 Å². The second kappa shape index (κ2) is 16.8. The van der Waals surface area contributed by atoms with Gasteiger partial charge in [-0.1, -0.05) is 104 Å². The summed E-state index contributed by atoms with van der Waals surface area (Å²) < 4.78 is 16.4. The van der Waals surface area contributed by atoms with Crippen LogP contribution in [0, 0.1) is 0 Å². The third kappa shape index (κ3) is 7.86. The normalized spacial score (nSPS) is 15.5. The molecule has 1 unspecified atom stereocenters. The first kappa shape index (κ1) is 31.3. The van der Waals surface area contributed by atoms with Crippen molar-refractivity contribution in [1.29, 1.82) is 0 Å². The number of ether oxygens (including phenoxy) is 3. The Morgan fingerprint density at radius 2 is 1.08 bits per heavy atom. The van der Waals surface area contributed by atoms with Crippen molar-refractivity contribution in [2.75, 3.05) is 20.3 Å². The molecule has 0 radical (unpaired) electrons. The van der Waals surface area contributed by atoms with E-state index in [9.17, 15) is 0 Å². The summed E-state index contributed by atoms with van der Waals surface area (Å²) in [5, 5.41) is 0. The predicted octanol–water partition coefficient (Wildman–Crippen LogP) is 8.66. The topological polar surface area (TPSA) is 31.0 Å². The summed E-state index contributed by atoms with van der Waals surface area (Å²) >= 11 is 0. The fourth-order valence-electron chi connectivity index (χ4n) is 4.32. The standard InChI is InChI=1S/C25H24O3.4C2H6/c1-26-22-10-6-20(7-11-22)25(14-18-4-2-3-5-19(18)15-25)21-8-12-23(13-9-21)27-16-24-17-28-24;4*1-2/h2-13,24H,14-17H2,1H3;4*1-2H3. The van der Waals surface area contributed by atoms with Crippen LogP contribution in [0.4, 0.5) is 0 Å². The lowest BCUT2D eigenvalue weighted by atomic mass is 9.72. The molecular weight excluding hydrogens is 444 g/mol. The molecule has 5 rings (SSSR count). The van der Waals surface area contributed by atoms with E-state index in [-0.39, 0.29) is 11.5 Å². The molecule has 0 bridgehead atoms. The molecule has 1 atom stereocenters. The van der Waals surface area contributed by atoms with E-state index in [2.05, 4.69) is 72.8 Å². The maximum atomic E-state index is 5.84. The number of hydrogen-bond donors (Lipinski definition) is 0. The van der Waals surface area contributed by atoms with Gasteiger partial charge in [-0.2, -0.15) is 0 Å². The largest absolute Gasteiger partial charge is 0.497 e. The van der Waals surface area contributed by atoms with Crippen molar-refractivity contribution in [3.63, 3.8) is 0 Å². The van der Waals surface area contributed by atoms with E-state index in [4.69, 9.17) is 14.2 Å². The molecule has 0 aromatic heterocycles. The molecule has 3 nitrogen and oxygen atoms in total. The van der Waals surface area contributed by atoms with E-state index in [0.717, 1.165) is 30.9 Å². The molecule has 3 heteroatoms. The van der Waals surface area contributed by atoms with Crippen LogP contribution in [-0.2, 0) is 23.0 Å². The summed E-state index contributed by atoms with van der Waals surface area (Å²) in [6.07, 6.45) is 2.28. The van der Waals surface area contributed by atoms with Gasteiger partial charge in [-0.05, 0) is 59.4 Å². The highest BCUT2D eigenvalue weighted by atomic mass is 16.6. The SMILES string of the molecule is CC.CC.CC.CC.COc1ccc(C2(c3ccc(OCC4CO4)cc3)Cc3ccccc3C2)cc1. The second-order valence-electron chi connectivity index (χ2n) is 7.72. The van der Waals surface area contributed by atoms with Crippen LogP contribution in [0.25, 0.3) is 0 Å². The Morgan fingerprint density at radius 3 is 1.47 bits per heavy atom.